The molecular formula is C25H28Cl2Zr-2. The van der Waals surface area contributed by atoms with Crippen molar-refractivity contribution in [2.45, 2.75) is 41.5 Å². The van der Waals surface area contributed by atoms with Crippen molar-refractivity contribution in [3.05, 3.63) is 77.4 Å². The molecule has 0 nitrogen and oxygen atoms in total. The summed E-state index contributed by atoms with van der Waals surface area (Å²) >= 11 is 1.55. The molecular weight excluding hydrogens is 462 g/mol. The predicted octanol–water partition coefficient (Wildman–Crippen LogP) is 1.19. The summed E-state index contributed by atoms with van der Waals surface area (Å²) in [6, 6.07) is 19.3. The molecule has 0 radical (unpaired) electrons. The molecule has 4 rings (SSSR count). The standard InChI is InChI=1S/C13H9.C9H13.C3H6.2ClH.Zr/c1-3-7-12-10(5-1)9-11-6-2-4-8-13(11)12;1-6-5-7(2)9(4)8(6)3;1-3-2;;;/h1-9H;6H,1-4H3;1-2H3;2*1H;/q2*-1;;;;+2/p-2. The normalized spacial score (nSPS) is 14.9. The fourth-order valence-electron chi connectivity index (χ4n) is 3.07. The van der Waals surface area contributed by atoms with Crippen molar-refractivity contribution in [3.8, 4) is 0 Å². The maximum atomic E-state index is 3.36. The third-order valence-corrected chi connectivity index (χ3v) is 4.76. The number of halogens is 2. The Hall–Kier alpha value is -0.877. The summed E-state index contributed by atoms with van der Waals surface area (Å²) < 4.78 is 1.51. The summed E-state index contributed by atoms with van der Waals surface area (Å²) in [5, 5.41) is 5.39. The summed E-state index contributed by atoms with van der Waals surface area (Å²) in [7, 11) is 0. The number of benzene rings is 2. The van der Waals surface area contributed by atoms with Crippen molar-refractivity contribution >= 4 is 24.8 Å². The Balaban J connectivity index is 0.000000432. The van der Waals surface area contributed by atoms with Gasteiger partial charge in [-0.3, -0.25) is 6.08 Å². The van der Waals surface area contributed by atoms with Gasteiger partial charge in [-0.25, -0.2) is 5.57 Å². The topological polar surface area (TPSA) is 0 Å². The molecule has 1 unspecified atom stereocenters. The minimum Gasteiger partial charge on any atom is -1.00 e. The van der Waals surface area contributed by atoms with Crippen LogP contribution >= 0.6 is 0 Å². The average Bonchev–Trinajstić information content (AvgIpc) is 3.08. The molecule has 1 aliphatic rings. The molecule has 3 aromatic rings. The van der Waals surface area contributed by atoms with Gasteiger partial charge in [0.1, 0.15) is 0 Å². The number of hydrogen-bond acceptors (Lipinski definition) is 0. The van der Waals surface area contributed by atoms with Gasteiger partial charge >= 0.3 is 41.3 Å². The summed E-state index contributed by atoms with van der Waals surface area (Å²) in [6.07, 6.45) is 3.36. The molecule has 0 heterocycles. The fraction of sp³-hybridized carbons (Fsp3) is 0.280. The minimum absolute atomic E-state index is 0. The maximum absolute atomic E-state index is 3.36. The third-order valence-electron chi connectivity index (χ3n) is 4.76. The zero-order valence-corrected chi connectivity index (χ0v) is 21.5. The first-order chi connectivity index (χ1) is 12.3. The second kappa shape index (κ2) is 12.6. The first-order valence-electron chi connectivity index (χ1n) is 9.14. The molecule has 0 N–H and O–H groups in total. The molecule has 3 heteroatoms. The molecule has 0 aliphatic heterocycles. The average molecular weight is 491 g/mol. The summed E-state index contributed by atoms with van der Waals surface area (Å²) in [5.74, 6) is 0.560. The van der Waals surface area contributed by atoms with Gasteiger partial charge in [-0.2, -0.15) is 11.1 Å². The molecule has 0 amide bonds. The number of hydrogen-bond donors (Lipinski definition) is 0. The van der Waals surface area contributed by atoms with Crippen LogP contribution in [0, 0.1) is 12.0 Å². The van der Waals surface area contributed by atoms with Gasteiger partial charge < -0.3 is 24.8 Å². The van der Waals surface area contributed by atoms with E-state index in [0.29, 0.717) is 5.92 Å². The minimum atomic E-state index is 0. The van der Waals surface area contributed by atoms with Gasteiger partial charge in [0.2, 0.25) is 0 Å². The van der Waals surface area contributed by atoms with E-state index in [1.54, 1.807) is 24.2 Å². The Morgan fingerprint density at radius 2 is 1.25 bits per heavy atom. The Morgan fingerprint density at radius 1 is 0.857 bits per heavy atom. The zero-order valence-electron chi connectivity index (χ0n) is 17.5. The molecule has 0 bridgehead atoms. The van der Waals surface area contributed by atoms with E-state index >= 15 is 0 Å². The largest absolute Gasteiger partial charge is 1.00 e. The van der Waals surface area contributed by atoms with E-state index in [2.05, 4.69) is 102 Å². The van der Waals surface area contributed by atoms with Crippen molar-refractivity contribution in [1.82, 2.24) is 0 Å². The Morgan fingerprint density at radius 3 is 1.54 bits per heavy atom. The van der Waals surface area contributed by atoms with Gasteiger partial charge in [0.05, 0.1) is 0 Å². The predicted molar refractivity (Wildman–Crippen MR) is 113 cm³/mol. The smallest absolute Gasteiger partial charge is 0.0771 e. The van der Waals surface area contributed by atoms with Crippen LogP contribution in [0.25, 0.3) is 21.5 Å². The van der Waals surface area contributed by atoms with Crippen molar-refractivity contribution in [2.75, 3.05) is 0 Å². The molecule has 3 aromatic carbocycles. The molecule has 28 heavy (non-hydrogen) atoms. The van der Waals surface area contributed by atoms with Gasteiger partial charge in [-0.1, -0.05) is 63.1 Å². The van der Waals surface area contributed by atoms with Crippen LogP contribution < -0.4 is 24.8 Å². The van der Waals surface area contributed by atoms with Gasteiger partial charge in [0, 0.05) is 0 Å². The Bertz CT molecular complexity index is 922. The van der Waals surface area contributed by atoms with E-state index in [1.165, 1.54) is 41.5 Å². The van der Waals surface area contributed by atoms with Crippen LogP contribution in [0.15, 0.2) is 71.3 Å². The number of allylic oxidation sites excluding steroid dienone is 4. The van der Waals surface area contributed by atoms with Crippen molar-refractivity contribution in [2.24, 2.45) is 5.92 Å². The molecule has 148 valence electrons. The Labute approximate surface area is 197 Å². The fourth-order valence-corrected chi connectivity index (χ4v) is 3.07. The zero-order chi connectivity index (χ0) is 19.3. The number of rotatable bonds is 0. The van der Waals surface area contributed by atoms with Crippen LogP contribution in [0.2, 0.25) is 0 Å². The maximum Gasteiger partial charge on any atom is -0.0771 e. The molecule has 0 fully saturated rings. The molecule has 0 spiro atoms. The van der Waals surface area contributed by atoms with E-state index in [4.69, 9.17) is 0 Å². The van der Waals surface area contributed by atoms with Crippen molar-refractivity contribution < 1.29 is 49.0 Å². The van der Waals surface area contributed by atoms with Gasteiger partial charge in [-0.15, -0.1) is 46.7 Å². The monoisotopic (exact) mass is 488 g/mol. The molecule has 1 atom stereocenters. The second-order valence-corrected chi connectivity index (χ2v) is 9.58. The van der Waals surface area contributed by atoms with Crippen LogP contribution in [-0.4, -0.2) is 3.21 Å². The van der Waals surface area contributed by atoms with Crippen molar-refractivity contribution in [3.63, 3.8) is 0 Å². The van der Waals surface area contributed by atoms with Gasteiger partial charge in [0.15, 0.2) is 0 Å². The van der Waals surface area contributed by atoms with E-state index < -0.39 is 0 Å². The van der Waals surface area contributed by atoms with E-state index in [-0.39, 0.29) is 24.8 Å². The van der Waals surface area contributed by atoms with E-state index in [1.807, 2.05) is 0 Å². The third kappa shape index (κ3) is 7.18. The molecule has 1 aliphatic carbocycles. The Kier molecular flexibility index (Phi) is 12.2. The van der Waals surface area contributed by atoms with Crippen LogP contribution in [0.1, 0.15) is 41.5 Å². The SMILES string of the molecule is CC1=[C-]C(C)C(C)=C1C.C[C](C)=[Zr+2].[Cl-].[Cl-].c1ccc2c(c1)[cH-]c1ccccc12. The van der Waals surface area contributed by atoms with Crippen molar-refractivity contribution in [1.29, 1.82) is 0 Å². The summed E-state index contributed by atoms with van der Waals surface area (Å²) in [5.41, 5.74) is 4.25. The summed E-state index contributed by atoms with van der Waals surface area (Å²) in [4.78, 5) is 0. The first-order valence-corrected chi connectivity index (χ1v) is 10.4. The van der Waals surface area contributed by atoms with E-state index in [9.17, 15) is 0 Å². The molecule has 0 aromatic heterocycles. The van der Waals surface area contributed by atoms with Crippen LogP contribution in [0.3, 0.4) is 0 Å². The van der Waals surface area contributed by atoms with Gasteiger partial charge in [0.25, 0.3) is 0 Å². The number of fused-ring (bicyclic) bond motifs is 3. The quantitative estimate of drug-likeness (QED) is 0.416. The van der Waals surface area contributed by atoms with E-state index in [0.717, 1.165) is 0 Å². The van der Waals surface area contributed by atoms with Crippen LogP contribution in [0.4, 0.5) is 0 Å². The van der Waals surface area contributed by atoms with Crippen LogP contribution in [-0.2, 0) is 24.2 Å². The van der Waals surface area contributed by atoms with Gasteiger partial charge in [-0.05, 0) is 0 Å². The summed E-state index contributed by atoms with van der Waals surface area (Å²) in [6.45, 7) is 12.9. The molecule has 0 saturated heterocycles. The molecule has 0 saturated carbocycles. The second-order valence-electron chi connectivity index (χ2n) is 7.12. The first kappa shape index (κ1) is 27.1. The van der Waals surface area contributed by atoms with Crippen LogP contribution in [0.5, 0.6) is 0 Å².